The van der Waals surface area contributed by atoms with E-state index < -0.39 is 0 Å². The van der Waals surface area contributed by atoms with Crippen molar-refractivity contribution in [3.63, 3.8) is 0 Å². The predicted molar refractivity (Wildman–Crippen MR) is 79.1 cm³/mol. The van der Waals surface area contributed by atoms with Crippen molar-refractivity contribution in [3.05, 3.63) is 29.8 Å². The van der Waals surface area contributed by atoms with Gasteiger partial charge in [0.15, 0.2) is 0 Å². The van der Waals surface area contributed by atoms with Gasteiger partial charge in [0.1, 0.15) is 5.75 Å². The lowest BCUT2D eigenvalue weighted by atomic mass is 10.2. The van der Waals surface area contributed by atoms with Crippen LogP contribution in [0.5, 0.6) is 5.75 Å². The van der Waals surface area contributed by atoms with Crippen LogP contribution in [0.2, 0.25) is 0 Å². The number of hydrogen-bond donors (Lipinski definition) is 2. The highest BCUT2D eigenvalue weighted by Gasteiger charge is 2.04. The lowest BCUT2D eigenvalue weighted by Crippen LogP contribution is -2.36. The Balaban J connectivity index is 2.21. The van der Waals surface area contributed by atoms with Gasteiger partial charge in [0.05, 0.1) is 19.6 Å². The largest absolute Gasteiger partial charge is 0.494 e. The number of benzene rings is 1. The van der Waals surface area contributed by atoms with Crippen LogP contribution >= 0.6 is 0 Å². The summed E-state index contributed by atoms with van der Waals surface area (Å²) in [7, 11) is 0. The van der Waals surface area contributed by atoms with Crippen LogP contribution < -0.4 is 15.4 Å². The van der Waals surface area contributed by atoms with Crippen LogP contribution in [0, 0.1) is 0 Å². The molecule has 2 amide bonds. The SMILES string of the molecule is CCOC(=O)CCNC(=O)NCc1ccc(OCC)cc1. The Morgan fingerprint density at radius 3 is 2.38 bits per heavy atom. The minimum absolute atomic E-state index is 0.171. The number of ether oxygens (including phenoxy) is 2. The molecule has 0 unspecified atom stereocenters. The van der Waals surface area contributed by atoms with Gasteiger partial charge in [-0.25, -0.2) is 4.79 Å². The van der Waals surface area contributed by atoms with Crippen molar-refractivity contribution in [2.75, 3.05) is 19.8 Å². The van der Waals surface area contributed by atoms with Crippen LogP contribution in [0.1, 0.15) is 25.8 Å². The smallest absolute Gasteiger partial charge is 0.315 e. The molecule has 0 aliphatic carbocycles. The summed E-state index contributed by atoms with van der Waals surface area (Å²) in [6.07, 6.45) is 0.171. The molecule has 0 spiro atoms. The van der Waals surface area contributed by atoms with E-state index in [1.54, 1.807) is 6.92 Å². The molecule has 0 aliphatic heterocycles. The minimum atomic E-state index is -0.315. The van der Waals surface area contributed by atoms with Crippen LogP contribution in [0.3, 0.4) is 0 Å². The van der Waals surface area contributed by atoms with Crippen LogP contribution in [0.4, 0.5) is 4.79 Å². The maximum atomic E-state index is 11.5. The monoisotopic (exact) mass is 294 g/mol. The van der Waals surface area contributed by atoms with E-state index in [-0.39, 0.29) is 25.0 Å². The van der Waals surface area contributed by atoms with Gasteiger partial charge in [-0.15, -0.1) is 0 Å². The molecule has 0 atom stereocenters. The van der Waals surface area contributed by atoms with Crippen molar-refractivity contribution in [2.24, 2.45) is 0 Å². The van der Waals surface area contributed by atoms with Gasteiger partial charge in [-0.3, -0.25) is 4.79 Å². The molecule has 0 fully saturated rings. The number of hydrogen-bond acceptors (Lipinski definition) is 4. The fraction of sp³-hybridized carbons (Fsp3) is 0.467. The molecule has 21 heavy (non-hydrogen) atoms. The molecule has 1 aromatic rings. The zero-order chi connectivity index (χ0) is 15.5. The van der Waals surface area contributed by atoms with E-state index in [0.717, 1.165) is 11.3 Å². The van der Waals surface area contributed by atoms with E-state index in [0.29, 0.717) is 19.8 Å². The average Bonchev–Trinajstić information content (AvgIpc) is 2.47. The summed E-state index contributed by atoms with van der Waals surface area (Å²) in [6.45, 7) is 5.32. The molecule has 1 rings (SSSR count). The first-order valence-corrected chi connectivity index (χ1v) is 7.04. The highest BCUT2D eigenvalue weighted by atomic mass is 16.5. The van der Waals surface area contributed by atoms with E-state index >= 15 is 0 Å². The summed E-state index contributed by atoms with van der Waals surface area (Å²) in [6, 6.07) is 7.19. The topological polar surface area (TPSA) is 76.7 Å². The van der Waals surface area contributed by atoms with Crippen LogP contribution in [0.25, 0.3) is 0 Å². The second-order valence-corrected chi connectivity index (χ2v) is 4.24. The Labute approximate surface area is 124 Å². The highest BCUT2D eigenvalue weighted by Crippen LogP contribution is 2.11. The van der Waals surface area contributed by atoms with Crippen LogP contribution in [-0.4, -0.2) is 31.8 Å². The van der Waals surface area contributed by atoms with E-state index in [4.69, 9.17) is 9.47 Å². The Bertz CT molecular complexity index is 445. The summed E-state index contributed by atoms with van der Waals surface area (Å²) in [4.78, 5) is 22.6. The first-order valence-electron chi connectivity index (χ1n) is 7.04. The van der Waals surface area contributed by atoms with Crippen molar-refractivity contribution in [2.45, 2.75) is 26.8 Å². The lowest BCUT2D eigenvalue weighted by molar-refractivity contribution is -0.142. The molecule has 0 bridgehead atoms. The van der Waals surface area contributed by atoms with E-state index in [9.17, 15) is 9.59 Å². The van der Waals surface area contributed by atoms with Gasteiger partial charge in [-0.05, 0) is 31.5 Å². The molecule has 0 saturated carbocycles. The Morgan fingerprint density at radius 2 is 1.76 bits per heavy atom. The van der Waals surface area contributed by atoms with Crippen LogP contribution in [-0.2, 0) is 16.1 Å². The van der Waals surface area contributed by atoms with Gasteiger partial charge in [0.2, 0.25) is 0 Å². The summed E-state index contributed by atoms with van der Waals surface area (Å²) in [5.74, 6) is 0.490. The van der Waals surface area contributed by atoms with Gasteiger partial charge in [-0.2, -0.15) is 0 Å². The number of nitrogens with one attached hydrogen (secondary N) is 2. The molecule has 0 radical (unpaired) electrons. The molecule has 2 N–H and O–H groups in total. The first-order chi connectivity index (χ1) is 10.2. The van der Waals surface area contributed by atoms with E-state index in [1.807, 2.05) is 31.2 Å². The first kappa shape index (κ1) is 16.8. The maximum absolute atomic E-state index is 11.5. The zero-order valence-corrected chi connectivity index (χ0v) is 12.5. The summed E-state index contributed by atoms with van der Waals surface area (Å²) in [5.41, 5.74) is 0.971. The molecular formula is C15H22N2O4. The van der Waals surface area contributed by atoms with Crippen molar-refractivity contribution < 1.29 is 19.1 Å². The zero-order valence-electron chi connectivity index (χ0n) is 12.5. The van der Waals surface area contributed by atoms with Gasteiger partial charge in [-0.1, -0.05) is 12.1 Å². The second-order valence-electron chi connectivity index (χ2n) is 4.24. The number of carbonyl (C=O) groups is 2. The van der Waals surface area contributed by atoms with Gasteiger partial charge in [0.25, 0.3) is 0 Å². The maximum Gasteiger partial charge on any atom is 0.315 e. The third kappa shape index (κ3) is 7.20. The molecule has 0 heterocycles. The summed E-state index contributed by atoms with van der Waals surface area (Å²) < 4.78 is 10.1. The number of amides is 2. The molecule has 116 valence electrons. The van der Waals surface area contributed by atoms with Crippen molar-refractivity contribution >= 4 is 12.0 Å². The van der Waals surface area contributed by atoms with Crippen molar-refractivity contribution in [1.82, 2.24) is 10.6 Å². The van der Waals surface area contributed by atoms with Gasteiger partial charge >= 0.3 is 12.0 Å². The molecule has 1 aromatic carbocycles. The standard InChI is InChI=1S/C15H22N2O4/c1-3-20-13-7-5-12(6-8-13)11-17-15(19)16-10-9-14(18)21-4-2/h5-8H,3-4,9-11H2,1-2H3,(H2,16,17,19). The molecule has 6 heteroatoms. The molecule has 0 saturated heterocycles. The van der Waals surface area contributed by atoms with Crippen molar-refractivity contribution in [3.8, 4) is 5.75 Å². The van der Waals surface area contributed by atoms with Gasteiger partial charge < -0.3 is 20.1 Å². The van der Waals surface area contributed by atoms with Gasteiger partial charge in [0, 0.05) is 13.1 Å². The van der Waals surface area contributed by atoms with E-state index in [1.165, 1.54) is 0 Å². The number of urea groups is 1. The summed E-state index contributed by atoms with van der Waals surface area (Å²) in [5, 5.41) is 5.31. The number of esters is 1. The lowest BCUT2D eigenvalue weighted by Gasteiger charge is -2.08. The van der Waals surface area contributed by atoms with Crippen molar-refractivity contribution in [1.29, 1.82) is 0 Å². The third-order valence-electron chi connectivity index (χ3n) is 2.61. The quantitative estimate of drug-likeness (QED) is 0.717. The highest BCUT2D eigenvalue weighted by molar-refractivity contribution is 5.75. The number of carbonyl (C=O) groups excluding carboxylic acids is 2. The summed E-state index contributed by atoms with van der Waals surface area (Å²) >= 11 is 0. The Morgan fingerprint density at radius 1 is 1.05 bits per heavy atom. The fourth-order valence-electron chi connectivity index (χ4n) is 1.63. The predicted octanol–water partition coefficient (Wildman–Crippen LogP) is 1.84. The fourth-order valence-corrected chi connectivity index (χ4v) is 1.63. The normalized spacial score (nSPS) is 9.81. The average molecular weight is 294 g/mol. The van der Waals surface area contributed by atoms with Crippen LogP contribution in [0.15, 0.2) is 24.3 Å². The minimum Gasteiger partial charge on any atom is -0.494 e. The Kier molecular flexibility index (Phi) is 7.71. The van der Waals surface area contributed by atoms with E-state index in [2.05, 4.69) is 10.6 Å². The Hall–Kier alpha value is -2.24. The third-order valence-corrected chi connectivity index (χ3v) is 2.61. The second kappa shape index (κ2) is 9.63. The molecule has 0 aliphatic rings. The number of rotatable bonds is 8. The molecular weight excluding hydrogens is 272 g/mol. The molecule has 6 nitrogen and oxygen atoms in total. The molecule has 0 aromatic heterocycles.